The molecule has 0 radical (unpaired) electrons. The minimum Gasteiger partial charge on any atom is -0.374 e. The van der Waals surface area contributed by atoms with E-state index in [2.05, 4.69) is 0 Å². The van der Waals surface area contributed by atoms with E-state index in [0.29, 0.717) is 17.0 Å². The largest absolute Gasteiger partial charge is 0.374 e. The van der Waals surface area contributed by atoms with E-state index in [4.69, 9.17) is 22.1 Å². The first kappa shape index (κ1) is 12.6. The molecule has 3 nitrogen and oxygen atoms in total. The van der Waals surface area contributed by atoms with Crippen LogP contribution in [0.25, 0.3) is 0 Å². The van der Waals surface area contributed by atoms with Gasteiger partial charge < -0.3 is 10.5 Å². The van der Waals surface area contributed by atoms with Crippen LogP contribution in [0.4, 0.5) is 0 Å². The normalized spacial score (nSPS) is 29.4. The molecular formula is C13H16ClNO2. The number of carbonyl (C=O) groups excluding carboxylic acids is 1. The number of nitrogens with two attached hydrogens (primary N) is 1. The van der Waals surface area contributed by atoms with E-state index in [-0.39, 0.29) is 5.78 Å². The van der Waals surface area contributed by atoms with Crippen LogP contribution in [0, 0.1) is 0 Å². The zero-order valence-corrected chi connectivity index (χ0v) is 10.5. The first-order valence-corrected chi connectivity index (χ1v) is 6.08. The smallest absolute Gasteiger partial charge is 0.185 e. The molecule has 4 heteroatoms. The molecule has 0 spiro atoms. The SMILES string of the molecule is CO[C@H]1CCC[C@](N)(c2ccccc2Cl)C1=O. The van der Waals surface area contributed by atoms with Gasteiger partial charge in [0.25, 0.3) is 0 Å². The van der Waals surface area contributed by atoms with Crippen molar-refractivity contribution >= 4 is 17.4 Å². The van der Waals surface area contributed by atoms with E-state index in [0.717, 1.165) is 12.8 Å². The maximum atomic E-state index is 12.3. The minimum absolute atomic E-state index is 0.0700. The van der Waals surface area contributed by atoms with Gasteiger partial charge >= 0.3 is 0 Å². The molecule has 2 N–H and O–H groups in total. The first-order valence-electron chi connectivity index (χ1n) is 5.70. The molecule has 1 aliphatic carbocycles. The number of rotatable bonds is 2. The van der Waals surface area contributed by atoms with Crippen molar-refractivity contribution in [3.63, 3.8) is 0 Å². The number of ketones is 1. The van der Waals surface area contributed by atoms with Crippen molar-refractivity contribution < 1.29 is 9.53 Å². The van der Waals surface area contributed by atoms with Gasteiger partial charge in [-0.2, -0.15) is 0 Å². The summed E-state index contributed by atoms with van der Waals surface area (Å²) in [6.07, 6.45) is 1.81. The molecule has 1 fully saturated rings. The maximum absolute atomic E-state index is 12.3. The quantitative estimate of drug-likeness (QED) is 0.880. The third-order valence-electron chi connectivity index (χ3n) is 3.41. The van der Waals surface area contributed by atoms with Crippen LogP contribution in [0.2, 0.25) is 5.02 Å². The molecule has 0 bridgehead atoms. The fraction of sp³-hybridized carbons (Fsp3) is 0.462. The molecule has 0 aliphatic heterocycles. The monoisotopic (exact) mass is 253 g/mol. The summed E-state index contributed by atoms with van der Waals surface area (Å²) in [4.78, 5) is 12.3. The summed E-state index contributed by atoms with van der Waals surface area (Å²) in [5.74, 6) is -0.0700. The Bertz CT molecular complexity index is 435. The van der Waals surface area contributed by atoms with Gasteiger partial charge in [0, 0.05) is 12.1 Å². The summed E-state index contributed by atoms with van der Waals surface area (Å²) < 4.78 is 5.19. The molecular weight excluding hydrogens is 238 g/mol. The van der Waals surface area contributed by atoms with E-state index < -0.39 is 11.6 Å². The lowest BCUT2D eigenvalue weighted by molar-refractivity contribution is -0.138. The van der Waals surface area contributed by atoms with Crippen molar-refractivity contribution in [2.24, 2.45) is 5.73 Å². The Morgan fingerprint density at radius 1 is 1.47 bits per heavy atom. The summed E-state index contributed by atoms with van der Waals surface area (Å²) in [6.45, 7) is 0. The minimum atomic E-state index is -1.00. The van der Waals surface area contributed by atoms with Crippen LogP contribution in [0.5, 0.6) is 0 Å². The van der Waals surface area contributed by atoms with Crippen molar-refractivity contribution in [1.29, 1.82) is 0 Å². The Balaban J connectivity index is 2.41. The van der Waals surface area contributed by atoms with Gasteiger partial charge in [0.2, 0.25) is 0 Å². The maximum Gasteiger partial charge on any atom is 0.185 e. The van der Waals surface area contributed by atoms with Crippen LogP contribution in [0.15, 0.2) is 24.3 Å². The number of carbonyl (C=O) groups is 1. The second-order valence-corrected chi connectivity index (χ2v) is 4.84. The lowest BCUT2D eigenvalue weighted by atomic mass is 9.75. The summed E-state index contributed by atoms with van der Waals surface area (Å²) in [6, 6.07) is 7.25. The fourth-order valence-corrected chi connectivity index (χ4v) is 2.73. The van der Waals surface area contributed by atoms with Gasteiger partial charge in [0.1, 0.15) is 11.6 Å². The summed E-state index contributed by atoms with van der Waals surface area (Å²) in [5, 5.41) is 0.542. The first-order chi connectivity index (χ1) is 8.09. The van der Waals surface area contributed by atoms with Crippen LogP contribution in [0.3, 0.4) is 0 Å². The number of benzene rings is 1. The highest BCUT2D eigenvalue weighted by atomic mass is 35.5. The van der Waals surface area contributed by atoms with Crippen molar-refractivity contribution in [3.05, 3.63) is 34.9 Å². The fourth-order valence-electron chi connectivity index (χ4n) is 2.42. The van der Waals surface area contributed by atoms with Crippen molar-refractivity contribution in [1.82, 2.24) is 0 Å². The van der Waals surface area contributed by atoms with Crippen LogP contribution in [-0.4, -0.2) is 19.0 Å². The Morgan fingerprint density at radius 2 is 2.18 bits per heavy atom. The third kappa shape index (κ3) is 2.10. The van der Waals surface area contributed by atoms with Gasteiger partial charge in [-0.05, 0) is 30.9 Å². The average molecular weight is 254 g/mol. The second kappa shape index (κ2) is 4.77. The Kier molecular flexibility index (Phi) is 3.52. The third-order valence-corrected chi connectivity index (χ3v) is 3.74. The molecule has 1 saturated carbocycles. The lowest BCUT2D eigenvalue weighted by Gasteiger charge is -2.36. The zero-order chi connectivity index (χ0) is 12.5. The van der Waals surface area contributed by atoms with E-state index in [1.54, 1.807) is 13.2 Å². The van der Waals surface area contributed by atoms with Crippen molar-refractivity contribution in [3.8, 4) is 0 Å². The van der Waals surface area contributed by atoms with Gasteiger partial charge in [-0.15, -0.1) is 0 Å². The lowest BCUT2D eigenvalue weighted by Crippen LogP contribution is -2.53. The summed E-state index contributed by atoms with van der Waals surface area (Å²) >= 11 is 6.13. The number of hydrogen-bond donors (Lipinski definition) is 1. The van der Waals surface area contributed by atoms with Crippen LogP contribution in [-0.2, 0) is 15.1 Å². The number of halogens is 1. The van der Waals surface area contributed by atoms with E-state index in [1.165, 1.54) is 0 Å². The van der Waals surface area contributed by atoms with Gasteiger partial charge in [0.05, 0.1) is 0 Å². The molecule has 92 valence electrons. The predicted octanol–water partition coefficient (Wildman–Crippen LogP) is 2.26. The van der Waals surface area contributed by atoms with Crippen LogP contribution in [0.1, 0.15) is 24.8 Å². The van der Waals surface area contributed by atoms with E-state index in [9.17, 15) is 4.79 Å². The molecule has 2 atom stereocenters. The van der Waals surface area contributed by atoms with Gasteiger partial charge in [-0.3, -0.25) is 4.79 Å². The number of methoxy groups -OCH3 is 1. The Labute approximate surface area is 106 Å². The average Bonchev–Trinajstić information content (AvgIpc) is 2.33. The highest BCUT2D eigenvalue weighted by Gasteiger charge is 2.44. The van der Waals surface area contributed by atoms with E-state index in [1.807, 2.05) is 18.2 Å². The summed E-state index contributed by atoms with van der Waals surface area (Å²) in [7, 11) is 1.54. The molecule has 0 saturated heterocycles. The molecule has 17 heavy (non-hydrogen) atoms. The summed E-state index contributed by atoms with van der Waals surface area (Å²) in [5.41, 5.74) is 5.98. The zero-order valence-electron chi connectivity index (χ0n) is 9.78. The van der Waals surface area contributed by atoms with Gasteiger partial charge in [-0.1, -0.05) is 29.8 Å². The molecule has 1 aromatic carbocycles. The van der Waals surface area contributed by atoms with E-state index >= 15 is 0 Å². The Hall–Kier alpha value is -0.900. The standard InChI is InChI=1S/C13H16ClNO2/c1-17-11-7-4-8-13(15,12(11)16)9-5-2-3-6-10(9)14/h2-3,5-6,11H,4,7-8,15H2,1H3/t11-,13-/m0/s1. The molecule has 0 aromatic heterocycles. The molecule has 0 heterocycles. The molecule has 2 rings (SSSR count). The van der Waals surface area contributed by atoms with Crippen molar-refractivity contribution in [2.45, 2.75) is 30.9 Å². The highest BCUT2D eigenvalue weighted by molar-refractivity contribution is 6.31. The van der Waals surface area contributed by atoms with Crippen LogP contribution < -0.4 is 5.73 Å². The number of ether oxygens (including phenoxy) is 1. The van der Waals surface area contributed by atoms with Gasteiger partial charge in [-0.25, -0.2) is 0 Å². The topological polar surface area (TPSA) is 52.3 Å². The molecule has 0 unspecified atom stereocenters. The number of Topliss-reactive ketones (excluding diaryl/α,β-unsaturated/α-hetero) is 1. The second-order valence-electron chi connectivity index (χ2n) is 4.43. The predicted molar refractivity (Wildman–Crippen MR) is 67.0 cm³/mol. The van der Waals surface area contributed by atoms with Gasteiger partial charge in [0.15, 0.2) is 5.78 Å². The van der Waals surface area contributed by atoms with Crippen molar-refractivity contribution in [2.75, 3.05) is 7.11 Å². The highest BCUT2D eigenvalue weighted by Crippen LogP contribution is 2.36. The Morgan fingerprint density at radius 3 is 2.82 bits per heavy atom. The number of hydrogen-bond acceptors (Lipinski definition) is 3. The molecule has 1 aliphatic rings. The van der Waals surface area contributed by atoms with Crippen LogP contribution >= 0.6 is 11.6 Å². The molecule has 0 amide bonds. The molecule has 1 aromatic rings.